The highest BCUT2D eigenvalue weighted by Crippen LogP contribution is 2.24. The van der Waals surface area contributed by atoms with E-state index in [1.165, 1.54) is 32.1 Å². The van der Waals surface area contributed by atoms with Crippen molar-refractivity contribution >= 4 is 10.9 Å². The van der Waals surface area contributed by atoms with E-state index >= 15 is 0 Å². The van der Waals surface area contributed by atoms with Gasteiger partial charge in [0.1, 0.15) is 11.3 Å². The van der Waals surface area contributed by atoms with Crippen molar-refractivity contribution in [3.05, 3.63) is 36.0 Å². The fourth-order valence-electron chi connectivity index (χ4n) is 2.87. The second-order valence-corrected chi connectivity index (χ2v) is 6.01. The van der Waals surface area contributed by atoms with E-state index in [-0.39, 0.29) is 0 Å². The van der Waals surface area contributed by atoms with Crippen LogP contribution in [0.3, 0.4) is 0 Å². The Morgan fingerprint density at radius 2 is 1.65 bits per heavy atom. The number of hydrogen-bond donors (Lipinski definition) is 1. The summed E-state index contributed by atoms with van der Waals surface area (Å²) in [7, 11) is 0. The molecule has 126 valence electrons. The predicted molar refractivity (Wildman–Crippen MR) is 96.0 cm³/mol. The van der Waals surface area contributed by atoms with Crippen LogP contribution in [0.25, 0.3) is 10.9 Å². The molecular formula is C20H29NO2. The number of aryl methyl sites for hydroxylation is 1. The Bertz CT molecular complexity index is 583. The summed E-state index contributed by atoms with van der Waals surface area (Å²) in [6, 6.07) is 10.4. The molecule has 0 aliphatic carbocycles. The maximum absolute atomic E-state index is 8.75. The molecule has 0 fully saturated rings. The molecular weight excluding hydrogens is 286 g/mol. The summed E-state index contributed by atoms with van der Waals surface area (Å²) in [5.74, 6) is 0.885. The number of aliphatic hydroxyl groups excluding tert-OH is 1. The summed E-state index contributed by atoms with van der Waals surface area (Å²) < 4.78 is 5.68. The van der Waals surface area contributed by atoms with Gasteiger partial charge in [0.05, 0.1) is 6.61 Å². The highest BCUT2D eigenvalue weighted by Gasteiger charge is 2.04. The molecule has 23 heavy (non-hydrogen) atoms. The van der Waals surface area contributed by atoms with E-state index in [0.717, 1.165) is 41.6 Å². The van der Waals surface area contributed by atoms with E-state index < -0.39 is 0 Å². The van der Waals surface area contributed by atoms with Crippen LogP contribution >= 0.6 is 0 Å². The molecule has 2 rings (SSSR count). The first-order chi connectivity index (χ1) is 11.3. The van der Waals surface area contributed by atoms with E-state index in [1.807, 2.05) is 19.1 Å². The number of rotatable bonds is 11. The van der Waals surface area contributed by atoms with Crippen LogP contribution in [0.4, 0.5) is 0 Å². The zero-order valence-corrected chi connectivity index (χ0v) is 14.3. The van der Waals surface area contributed by atoms with Crippen LogP contribution in [0.2, 0.25) is 0 Å². The van der Waals surface area contributed by atoms with Gasteiger partial charge in [0.2, 0.25) is 0 Å². The average Bonchev–Trinajstić information content (AvgIpc) is 2.58. The summed E-state index contributed by atoms with van der Waals surface area (Å²) in [5.41, 5.74) is 2.14. The van der Waals surface area contributed by atoms with Crippen LogP contribution in [0.15, 0.2) is 30.3 Å². The van der Waals surface area contributed by atoms with Gasteiger partial charge in [0.25, 0.3) is 0 Å². The van der Waals surface area contributed by atoms with Gasteiger partial charge >= 0.3 is 0 Å². The van der Waals surface area contributed by atoms with Crippen LogP contribution in [0, 0.1) is 0 Å². The number of benzene rings is 1. The van der Waals surface area contributed by atoms with Crippen molar-refractivity contribution in [1.29, 1.82) is 0 Å². The second-order valence-electron chi connectivity index (χ2n) is 6.01. The lowest BCUT2D eigenvalue weighted by atomic mass is 10.1. The van der Waals surface area contributed by atoms with Crippen molar-refractivity contribution in [3.8, 4) is 5.75 Å². The van der Waals surface area contributed by atoms with Crippen molar-refractivity contribution in [2.75, 3.05) is 13.2 Å². The lowest BCUT2D eigenvalue weighted by Gasteiger charge is -2.08. The second kappa shape index (κ2) is 10.2. The lowest BCUT2D eigenvalue weighted by Crippen LogP contribution is -1.96. The highest BCUT2D eigenvalue weighted by molar-refractivity contribution is 5.84. The molecule has 0 amide bonds. The normalized spacial score (nSPS) is 11.0. The van der Waals surface area contributed by atoms with Crippen molar-refractivity contribution < 1.29 is 9.84 Å². The number of para-hydroxylation sites is 1. The number of nitrogens with zero attached hydrogens (tertiary/aromatic N) is 1. The van der Waals surface area contributed by atoms with E-state index in [4.69, 9.17) is 14.8 Å². The summed E-state index contributed by atoms with van der Waals surface area (Å²) in [6.45, 7) is 3.00. The van der Waals surface area contributed by atoms with Crippen LogP contribution in [0.5, 0.6) is 5.75 Å². The SMILES string of the molecule is CCOc1cccc2ccc(CCCCCCCCCO)nc12. The van der Waals surface area contributed by atoms with E-state index in [2.05, 4.69) is 18.2 Å². The molecule has 0 bridgehead atoms. The van der Waals surface area contributed by atoms with E-state index in [0.29, 0.717) is 13.2 Å². The third kappa shape index (κ3) is 5.83. The zero-order chi connectivity index (χ0) is 16.3. The van der Waals surface area contributed by atoms with Gasteiger partial charge in [-0.2, -0.15) is 0 Å². The number of fused-ring (bicyclic) bond motifs is 1. The summed E-state index contributed by atoms with van der Waals surface area (Å²) in [6.07, 6.45) is 9.38. The summed E-state index contributed by atoms with van der Waals surface area (Å²) in [4.78, 5) is 4.80. The lowest BCUT2D eigenvalue weighted by molar-refractivity contribution is 0.282. The maximum Gasteiger partial charge on any atom is 0.145 e. The molecule has 0 radical (unpaired) electrons. The predicted octanol–water partition coefficient (Wildman–Crippen LogP) is 4.90. The number of aromatic nitrogens is 1. The maximum atomic E-state index is 8.75. The summed E-state index contributed by atoms with van der Waals surface area (Å²) in [5, 5.41) is 9.89. The first kappa shape index (κ1) is 17.7. The molecule has 0 atom stereocenters. The van der Waals surface area contributed by atoms with Gasteiger partial charge < -0.3 is 9.84 Å². The molecule has 0 aliphatic rings. The number of hydrogen-bond acceptors (Lipinski definition) is 3. The third-order valence-corrected chi connectivity index (χ3v) is 4.13. The first-order valence-electron chi connectivity index (χ1n) is 8.97. The minimum absolute atomic E-state index is 0.331. The van der Waals surface area contributed by atoms with Crippen molar-refractivity contribution in [2.24, 2.45) is 0 Å². The number of aliphatic hydroxyl groups is 1. The Morgan fingerprint density at radius 3 is 2.39 bits per heavy atom. The van der Waals surface area contributed by atoms with Gasteiger partial charge in [-0.15, -0.1) is 0 Å². The molecule has 3 nitrogen and oxygen atoms in total. The molecule has 0 saturated carbocycles. The van der Waals surface area contributed by atoms with Gasteiger partial charge in [-0.3, -0.25) is 0 Å². The zero-order valence-electron chi connectivity index (χ0n) is 14.3. The molecule has 1 heterocycles. The Morgan fingerprint density at radius 1 is 0.913 bits per heavy atom. The van der Waals surface area contributed by atoms with Gasteiger partial charge in [0, 0.05) is 17.7 Å². The molecule has 1 aromatic heterocycles. The standard InChI is InChI=1S/C20H29NO2/c1-2-23-19-13-10-11-17-14-15-18(21-20(17)19)12-8-6-4-3-5-7-9-16-22/h10-11,13-15,22H,2-9,12,16H2,1H3. The summed E-state index contributed by atoms with van der Waals surface area (Å²) >= 11 is 0. The Hall–Kier alpha value is -1.61. The van der Waals surface area contributed by atoms with Crippen LogP contribution in [-0.4, -0.2) is 23.3 Å². The average molecular weight is 315 g/mol. The molecule has 1 N–H and O–H groups in total. The van der Waals surface area contributed by atoms with Gasteiger partial charge in [-0.1, -0.05) is 50.3 Å². The van der Waals surface area contributed by atoms with E-state index in [1.54, 1.807) is 0 Å². The minimum Gasteiger partial charge on any atom is -0.492 e. The largest absolute Gasteiger partial charge is 0.492 e. The minimum atomic E-state index is 0.331. The third-order valence-electron chi connectivity index (χ3n) is 4.13. The Kier molecular flexibility index (Phi) is 7.88. The smallest absolute Gasteiger partial charge is 0.145 e. The molecule has 0 spiro atoms. The Labute approximate surface area is 139 Å². The van der Waals surface area contributed by atoms with Crippen LogP contribution in [0.1, 0.15) is 57.6 Å². The van der Waals surface area contributed by atoms with Crippen molar-refractivity contribution in [1.82, 2.24) is 4.98 Å². The first-order valence-corrected chi connectivity index (χ1v) is 8.97. The van der Waals surface area contributed by atoms with Gasteiger partial charge in [0.15, 0.2) is 0 Å². The van der Waals surface area contributed by atoms with Crippen LogP contribution in [-0.2, 0) is 6.42 Å². The quantitative estimate of drug-likeness (QED) is 0.600. The Balaban J connectivity index is 1.80. The molecule has 0 unspecified atom stereocenters. The van der Waals surface area contributed by atoms with E-state index in [9.17, 15) is 0 Å². The molecule has 1 aromatic carbocycles. The van der Waals surface area contributed by atoms with Gasteiger partial charge in [-0.05, 0) is 38.3 Å². The molecule has 3 heteroatoms. The fourth-order valence-corrected chi connectivity index (χ4v) is 2.87. The van der Waals surface area contributed by atoms with Crippen LogP contribution < -0.4 is 4.74 Å². The van der Waals surface area contributed by atoms with Crippen molar-refractivity contribution in [2.45, 2.75) is 58.3 Å². The monoisotopic (exact) mass is 315 g/mol. The number of ether oxygens (including phenoxy) is 1. The fraction of sp³-hybridized carbons (Fsp3) is 0.550. The topological polar surface area (TPSA) is 42.4 Å². The molecule has 0 saturated heterocycles. The molecule has 2 aromatic rings. The molecule has 0 aliphatic heterocycles. The van der Waals surface area contributed by atoms with Gasteiger partial charge in [-0.25, -0.2) is 4.98 Å². The van der Waals surface area contributed by atoms with Crippen molar-refractivity contribution in [3.63, 3.8) is 0 Å². The highest BCUT2D eigenvalue weighted by atomic mass is 16.5. The number of unbranched alkanes of at least 4 members (excludes halogenated alkanes) is 6. The number of pyridine rings is 1.